The Labute approximate surface area is 190 Å². The maximum Gasteiger partial charge on any atom is 0.332 e. The highest BCUT2D eigenvalue weighted by Gasteiger charge is 2.21. The van der Waals surface area contributed by atoms with E-state index in [0.29, 0.717) is 5.13 Å². The molecule has 11 nitrogen and oxygen atoms in total. The number of fused-ring (bicyclic) bond motifs is 1. The molecule has 1 unspecified atom stereocenters. The van der Waals surface area contributed by atoms with Crippen LogP contribution in [0.15, 0.2) is 51.6 Å². The molecule has 0 spiro atoms. The van der Waals surface area contributed by atoms with Crippen molar-refractivity contribution in [3.8, 4) is 11.3 Å². The molecule has 12 heteroatoms. The van der Waals surface area contributed by atoms with Crippen LogP contribution in [0.3, 0.4) is 0 Å². The first-order chi connectivity index (χ1) is 15.8. The summed E-state index contributed by atoms with van der Waals surface area (Å²) >= 11 is 1.26. The number of aromatic nitrogens is 5. The van der Waals surface area contributed by atoms with Gasteiger partial charge in [0.05, 0.1) is 12.0 Å². The third-order valence-electron chi connectivity index (χ3n) is 5.00. The minimum atomic E-state index is -1.09. The lowest BCUT2D eigenvalue weighted by Gasteiger charge is -2.13. The largest absolute Gasteiger partial charge is 0.451 e. The Balaban J connectivity index is 1.42. The van der Waals surface area contributed by atoms with Gasteiger partial charge >= 0.3 is 11.7 Å². The molecular weight excluding hydrogens is 448 g/mol. The molecule has 0 saturated heterocycles. The fourth-order valence-electron chi connectivity index (χ4n) is 3.22. The normalized spacial score (nSPS) is 12.0. The zero-order valence-corrected chi connectivity index (χ0v) is 18.8. The standard InChI is InChI=1S/C21H20N6O5S/c1-12(18(29)24-20-23-14(10-33-20)13-7-5-4-6-8-13)32-15(28)9-27-11-22-17-16(27)19(30)26(3)21(31)25(17)2/h4-8,10-12H,9H2,1-3H3,(H,23,24,29). The number of imidazole rings is 1. The molecule has 170 valence electrons. The number of anilines is 1. The van der Waals surface area contributed by atoms with Crippen molar-refractivity contribution in [2.45, 2.75) is 19.6 Å². The molecule has 1 atom stereocenters. The number of amides is 1. The van der Waals surface area contributed by atoms with Gasteiger partial charge in [-0.25, -0.2) is 14.8 Å². The lowest BCUT2D eigenvalue weighted by atomic mass is 10.2. The first-order valence-corrected chi connectivity index (χ1v) is 10.8. The van der Waals surface area contributed by atoms with E-state index >= 15 is 0 Å². The SMILES string of the molecule is CC(OC(=O)Cn1cnc2c1c(=O)n(C)c(=O)n2C)C(=O)Nc1nc(-c2ccccc2)cs1. The van der Waals surface area contributed by atoms with Gasteiger partial charge in [-0.1, -0.05) is 30.3 Å². The van der Waals surface area contributed by atoms with E-state index in [2.05, 4.69) is 15.3 Å². The molecule has 0 aliphatic heterocycles. The number of rotatable bonds is 6. The topological polar surface area (TPSA) is 130 Å². The second-order valence-electron chi connectivity index (χ2n) is 7.28. The molecule has 0 fully saturated rings. The fourth-order valence-corrected chi connectivity index (χ4v) is 3.95. The second kappa shape index (κ2) is 8.82. The number of esters is 1. The van der Waals surface area contributed by atoms with Gasteiger partial charge in [0.25, 0.3) is 11.5 Å². The van der Waals surface area contributed by atoms with Crippen LogP contribution < -0.4 is 16.6 Å². The van der Waals surface area contributed by atoms with Gasteiger partial charge in [0.1, 0.15) is 6.54 Å². The monoisotopic (exact) mass is 468 g/mol. The molecule has 3 heterocycles. The van der Waals surface area contributed by atoms with Crippen molar-refractivity contribution in [3.63, 3.8) is 0 Å². The lowest BCUT2D eigenvalue weighted by molar-refractivity contribution is -0.153. The molecule has 1 amide bonds. The average Bonchev–Trinajstić information content (AvgIpc) is 3.44. The molecule has 4 rings (SSSR count). The van der Waals surface area contributed by atoms with E-state index in [4.69, 9.17) is 4.74 Å². The average molecular weight is 468 g/mol. The van der Waals surface area contributed by atoms with Crippen LogP contribution in [0.25, 0.3) is 22.4 Å². The van der Waals surface area contributed by atoms with Gasteiger partial charge in [-0.2, -0.15) is 0 Å². The third-order valence-corrected chi connectivity index (χ3v) is 5.76. The van der Waals surface area contributed by atoms with Gasteiger partial charge < -0.3 is 9.30 Å². The van der Waals surface area contributed by atoms with E-state index in [0.717, 1.165) is 15.8 Å². The summed E-state index contributed by atoms with van der Waals surface area (Å²) in [6.07, 6.45) is 0.182. The number of ether oxygens (including phenoxy) is 1. The number of hydrogen-bond acceptors (Lipinski definition) is 8. The molecule has 1 N–H and O–H groups in total. The first kappa shape index (κ1) is 22.1. The summed E-state index contributed by atoms with van der Waals surface area (Å²) in [4.78, 5) is 57.8. The van der Waals surface area contributed by atoms with Gasteiger partial charge in [0.2, 0.25) is 0 Å². The van der Waals surface area contributed by atoms with Crippen LogP contribution in [-0.4, -0.2) is 41.6 Å². The van der Waals surface area contributed by atoms with Crippen LogP contribution in [0, 0.1) is 0 Å². The summed E-state index contributed by atoms with van der Waals surface area (Å²) in [6, 6.07) is 9.52. The Hall–Kier alpha value is -4.06. The van der Waals surface area contributed by atoms with Gasteiger partial charge in [0.15, 0.2) is 22.4 Å². The summed E-state index contributed by atoms with van der Waals surface area (Å²) < 4.78 is 8.66. The summed E-state index contributed by atoms with van der Waals surface area (Å²) in [7, 11) is 2.82. The molecule has 4 aromatic rings. The molecule has 0 saturated carbocycles. The molecule has 0 aliphatic carbocycles. The fraction of sp³-hybridized carbons (Fsp3) is 0.238. The van der Waals surface area contributed by atoms with E-state index in [9.17, 15) is 19.2 Å². The van der Waals surface area contributed by atoms with Crippen LogP contribution in [0.1, 0.15) is 6.92 Å². The van der Waals surface area contributed by atoms with Crippen molar-refractivity contribution in [1.29, 1.82) is 0 Å². The Morgan fingerprint density at radius 1 is 1.15 bits per heavy atom. The van der Waals surface area contributed by atoms with E-state index in [-0.39, 0.29) is 17.7 Å². The van der Waals surface area contributed by atoms with Gasteiger partial charge in [-0.15, -0.1) is 11.3 Å². The number of thiazole rings is 1. The van der Waals surface area contributed by atoms with Gasteiger partial charge in [-0.3, -0.25) is 28.8 Å². The second-order valence-corrected chi connectivity index (χ2v) is 8.13. The maximum atomic E-state index is 12.5. The Morgan fingerprint density at radius 3 is 2.61 bits per heavy atom. The van der Waals surface area contributed by atoms with Crippen molar-refractivity contribution < 1.29 is 14.3 Å². The summed E-state index contributed by atoms with van der Waals surface area (Å²) in [6.45, 7) is 1.09. The highest BCUT2D eigenvalue weighted by atomic mass is 32.1. The molecule has 0 radical (unpaired) electrons. The minimum Gasteiger partial charge on any atom is -0.451 e. The zero-order valence-electron chi connectivity index (χ0n) is 18.0. The molecule has 0 aliphatic rings. The van der Waals surface area contributed by atoms with Crippen molar-refractivity contribution >= 4 is 39.5 Å². The van der Waals surface area contributed by atoms with Crippen molar-refractivity contribution in [2.75, 3.05) is 5.32 Å². The van der Waals surface area contributed by atoms with Gasteiger partial charge in [-0.05, 0) is 6.92 Å². The Morgan fingerprint density at radius 2 is 1.88 bits per heavy atom. The summed E-state index contributed by atoms with van der Waals surface area (Å²) in [5.41, 5.74) is 0.781. The van der Waals surface area contributed by atoms with E-state index in [1.165, 1.54) is 47.8 Å². The molecule has 1 aromatic carbocycles. The van der Waals surface area contributed by atoms with E-state index in [1.807, 2.05) is 35.7 Å². The molecule has 33 heavy (non-hydrogen) atoms. The van der Waals surface area contributed by atoms with Crippen LogP contribution in [0.2, 0.25) is 0 Å². The Bertz CT molecular complexity index is 1470. The summed E-state index contributed by atoms with van der Waals surface area (Å²) in [5.74, 6) is -1.27. The number of hydrogen-bond donors (Lipinski definition) is 1. The quantitative estimate of drug-likeness (QED) is 0.420. The number of carbonyl (C=O) groups excluding carboxylic acids is 2. The third kappa shape index (κ3) is 4.32. The Kier molecular flexibility index (Phi) is 5.92. The number of benzene rings is 1. The number of nitrogens with zero attached hydrogens (tertiary/aromatic N) is 5. The minimum absolute atomic E-state index is 0.0879. The predicted molar refractivity (Wildman–Crippen MR) is 122 cm³/mol. The highest BCUT2D eigenvalue weighted by Crippen LogP contribution is 2.24. The number of nitrogens with one attached hydrogen (secondary N) is 1. The number of aryl methyl sites for hydroxylation is 1. The predicted octanol–water partition coefficient (Wildman–Crippen LogP) is 1.13. The zero-order chi connectivity index (χ0) is 23.7. The van der Waals surface area contributed by atoms with Crippen molar-refractivity contribution in [3.05, 3.63) is 62.9 Å². The van der Waals surface area contributed by atoms with Gasteiger partial charge in [0, 0.05) is 25.0 Å². The molecule has 0 bridgehead atoms. The maximum absolute atomic E-state index is 12.5. The van der Waals surface area contributed by atoms with Crippen LogP contribution in [0.5, 0.6) is 0 Å². The molecule has 3 aromatic heterocycles. The van der Waals surface area contributed by atoms with Crippen LogP contribution >= 0.6 is 11.3 Å². The number of carbonyl (C=O) groups is 2. The van der Waals surface area contributed by atoms with E-state index < -0.39 is 29.2 Å². The summed E-state index contributed by atoms with van der Waals surface area (Å²) in [5, 5.41) is 4.84. The van der Waals surface area contributed by atoms with Crippen molar-refractivity contribution in [2.24, 2.45) is 14.1 Å². The van der Waals surface area contributed by atoms with Crippen LogP contribution in [-0.2, 0) is 35.0 Å². The van der Waals surface area contributed by atoms with Crippen molar-refractivity contribution in [1.82, 2.24) is 23.7 Å². The highest BCUT2D eigenvalue weighted by molar-refractivity contribution is 7.14. The molecular formula is C21H20N6O5S. The van der Waals surface area contributed by atoms with E-state index in [1.54, 1.807) is 0 Å². The van der Waals surface area contributed by atoms with Crippen LogP contribution in [0.4, 0.5) is 5.13 Å². The lowest BCUT2D eigenvalue weighted by Crippen LogP contribution is -2.38. The first-order valence-electron chi connectivity index (χ1n) is 9.88. The smallest absolute Gasteiger partial charge is 0.332 e.